The van der Waals surface area contributed by atoms with Gasteiger partial charge in [-0.1, -0.05) is 79.6 Å². The molecule has 0 spiro atoms. The quantitative estimate of drug-likeness (QED) is 0.415. The SMILES string of the molecule is O=C(OC1C(OC(=O)c2ccccc2)C2C3CCCCC3C1C2c1ccccc1)c1ccccc1. The maximum Gasteiger partial charge on any atom is 0.338 e. The van der Waals surface area contributed by atoms with Crippen molar-refractivity contribution in [2.45, 2.75) is 43.8 Å². The van der Waals surface area contributed by atoms with Crippen LogP contribution in [-0.4, -0.2) is 24.1 Å². The molecule has 3 aromatic rings. The van der Waals surface area contributed by atoms with Crippen LogP contribution in [0.5, 0.6) is 0 Å². The molecule has 3 aliphatic carbocycles. The van der Waals surface area contributed by atoms with Gasteiger partial charge in [-0.2, -0.15) is 0 Å². The maximum absolute atomic E-state index is 13.2. The predicted molar refractivity (Wildman–Crippen MR) is 133 cm³/mol. The van der Waals surface area contributed by atoms with Gasteiger partial charge in [0.25, 0.3) is 0 Å². The molecule has 4 heteroatoms. The summed E-state index contributed by atoms with van der Waals surface area (Å²) >= 11 is 0. The fourth-order valence-corrected chi connectivity index (χ4v) is 7.21. The lowest BCUT2D eigenvalue weighted by atomic mass is 9.69. The second kappa shape index (κ2) is 9.33. The Morgan fingerprint density at radius 3 is 1.40 bits per heavy atom. The van der Waals surface area contributed by atoms with Gasteiger partial charge >= 0.3 is 11.9 Å². The van der Waals surface area contributed by atoms with E-state index in [1.807, 2.05) is 42.5 Å². The van der Waals surface area contributed by atoms with E-state index in [1.54, 1.807) is 24.3 Å². The van der Waals surface area contributed by atoms with Crippen LogP contribution in [0.3, 0.4) is 0 Å². The van der Waals surface area contributed by atoms with Crippen LogP contribution in [0.1, 0.15) is 57.9 Å². The minimum Gasteiger partial charge on any atom is -0.454 e. The molecule has 3 aromatic carbocycles. The number of benzene rings is 3. The van der Waals surface area contributed by atoms with E-state index in [0.717, 1.165) is 12.8 Å². The molecule has 35 heavy (non-hydrogen) atoms. The molecule has 0 saturated heterocycles. The van der Waals surface area contributed by atoms with Crippen molar-refractivity contribution in [3.05, 3.63) is 108 Å². The Hall–Kier alpha value is -3.40. The summed E-state index contributed by atoms with van der Waals surface area (Å²) in [5.74, 6) is 0.791. The van der Waals surface area contributed by atoms with Crippen molar-refractivity contribution in [3.63, 3.8) is 0 Å². The highest BCUT2D eigenvalue weighted by Gasteiger charge is 2.66. The van der Waals surface area contributed by atoms with Gasteiger partial charge in [0.05, 0.1) is 11.1 Å². The Morgan fingerprint density at radius 1 is 0.571 bits per heavy atom. The summed E-state index contributed by atoms with van der Waals surface area (Å²) in [7, 11) is 0. The van der Waals surface area contributed by atoms with Crippen molar-refractivity contribution in [1.29, 1.82) is 0 Å². The molecule has 6 rings (SSSR count). The molecule has 178 valence electrons. The fraction of sp³-hybridized carbons (Fsp3) is 0.355. The van der Waals surface area contributed by atoms with Crippen molar-refractivity contribution >= 4 is 11.9 Å². The van der Waals surface area contributed by atoms with Crippen LogP contribution < -0.4 is 0 Å². The highest BCUT2D eigenvalue weighted by Crippen LogP contribution is 2.65. The van der Waals surface area contributed by atoms with Gasteiger partial charge in [-0.25, -0.2) is 9.59 Å². The summed E-state index contributed by atoms with van der Waals surface area (Å²) in [6.45, 7) is 0. The lowest BCUT2D eigenvalue weighted by molar-refractivity contribution is -0.0872. The molecule has 0 aliphatic heterocycles. The number of ether oxygens (including phenoxy) is 2. The third kappa shape index (κ3) is 3.95. The van der Waals surface area contributed by atoms with Crippen LogP contribution in [-0.2, 0) is 9.47 Å². The lowest BCUT2D eigenvalue weighted by Crippen LogP contribution is -2.47. The zero-order valence-corrected chi connectivity index (χ0v) is 19.7. The molecule has 0 heterocycles. The van der Waals surface area contributed by atoms with Crippen molar-refractivity contribution < 1.29 is 19.1 Å². The van der Waals surface area contributed by atoms with Crippen molar-refractivity contribution in [2.24, 2.45) is 23.7 Å². The number of hydrogen-bond donors (Lipinski definition) is 0. The molecule has 4 nitrogen and oxygen atoms in total. The number of hydrogen-bond acceptors (Lipinski definition) is 4. The smallest absolute Gasteiger partial charge is 0.338 e. The van der Waals surface area contributed by atoms with Crippen molar-refractivity contribution in [1.82, 2.24) is 0 Å². The lowest BCUT2D eigenvalue weighted by Gasteiger charge is -2.42. The van der Waals surface area contributed by atoms with Crippen LogP contribution in [0.4, 0.5) is 0 Å². The summed E-state index contributed by atoms with van der Waals surface area (Å²) in [4.78, 5) is 26.4. The first kappa shape index (κ1) is 22.1. The molecule has 3 aliphatic rings. The van der Waals surface area contributed by atoms with E-state index < -0.39 is 12.2 Å². The van der Waals surface area contributed by atoms with E-state index in [-0.39, 0.29) is 29.7 Å². The van der Waals surface area contributed by atoms with E-state index in [2.05, 4.69) is 24.3 Å². The zero-order chi connectivity index (χ0) is 23.8. The molecule has 6 atom stereocenters. The summed E-state index contributed by atoms with van der Waals surface area (Å²) in [5, 5.41) is 0. The Morgan fingerprint density at radius 2 is 0.971 bits per heavy atom. The Labute approximate surface area is 206 Å². The second-order valence-electron chi connectivity index (χ2n) is 10.2. The van der Waals surface area contributed by atoms with Gasteiger partial charge in [-0.3, -0.25) is 0 Å². The van der Waals surface area contributed by atoms with Crippen LogP contribution >= 0.6 is 0 Å². The van der Waals surface area contributed by atoms with Gasteiger partial charge in [-0.05, 0) is 60.4 Å². The largest absolute Gasteiger partial charge is 0.454 e. The van der Waals surface area contributed by atoms with Gasteiger partial charge in [0, 0.05) is 11.8 Å². The van der Waals surface area contributed by atoms with Crippen molar-refractivity contribution in [3.8, 4) is 0 Å². The summed E-state index contributed by atoms with van der Waals surface area (Å²) in [6, 6.07) is 28.8. The Bertz CT molecular complexity index is 1100. The molecule has 0 aromatic heterocycles. The van der Waals surface area contributed by atoms with Gasteiger partial charge in [0.2, 0.25) is 0 Å². The van der Waals surface area contributed by atoms with E-state index in [0.29, 0.717) is 23.0 Å². The first-order valence-electron chi connectivity index (χ1n) is 12.8. The molecule has 6 unspecified atom stereocenters. The van der Waals surface area contributed by atoms with Crippen molar-refractivity contribution in [2.75, 3.05) is 0 Å². The average molecular weight is 467 g/mol. The van der Waals surface area contributed by atoms with Crippen LogP contribution in [0.15, 0.2) is 91.0 Å². The molecule has 3 fully saturated rings. The van der Waals surface area contributed by atoms with E-state index >= 15 is 0 Å². The monoisotopic (exact) mass is 466 g/mol. The first-order valence-corrected chi connectivity index (χ1v) is 12.8. The van der Waals surface area contributed by atoms with Gasteiger partial charge < -0.3 is 9.47 Å². The first-order chi connectivity index (χ1) is 17.2. The highest BCUT2D eigenvalue weighted by molar-refractivity contribution is 5.90. The van der Waals surface area contributed by atoms with Crippen LogP contribution in [0.25, 0.3) is 0 Å². The maximum atomic E-state index is 13.2. The standard InChI is InChI=1S/C31H30O4/c32-30(21-14-6-2-7-15-21)34-28-26-23-18-10-11-19-24(23)27(25(26)20-12-4-1-5-13-20)29(28)35-31(33)22-16-8-3-9-17-22/h1-9,12-17,23-29H,10-11,18-19H2. The molecular formula is C31H30O4. The molecule has 2 bridgehead atoms. The summed E-state index contributed by atoms with van der Waals surface area (Å²) < 4.78 is 12.5. The molecular weight excluding hydrogens is 436 g/mol. The predicted octanol–water partition coefficient (Wildman–Crippen LogP) is 6.29. The van der Waals surface area contributed by atoms with Gasteiger partial charge in [0.1, 0.15) is 12.2 Å². The van der Waals surface area contributed by atoms with E-state index in [4.69, 9.17) is 9.47 Å². The number of carbonyl (C=O) groups excluding carboxylic acids is 2. The molecule has 3 saturated carbocycles. The summed E-state index contributed by atoms with van der Waals surface area (Å²) in [6.07, 6.45) is 3.80. The highest BCUT2D eigenvalue weighted by atomic mass is 16.6. The minimum absolute atomic E-state index is 0.147. The fourth-order valence-electron chi connectivity index (χ4n) is 7.21. The number of esters is 2. The number of carbonyl (C=O) groups is 2. The van der Waals surface area contributed by atoms with Crippen LogP contribution in [0, 0.1) is 23.7 Å². The van der Waals surface area contributed by atoms with Gasteiger partial charge in [0.15, 0.2) is 0 Å². The zero-order valence-electron chi connectivity index (χ0n) is 19.7. The molecule has 0 radical (unpaired) electrons. The topological polar surface area (TPSA) is 52.6 Å². The average Bonchev–Trinajstić information content (AvgIpc) is 3.42. The van der Waals surface area contributed by atoms with E-state index in [9.17, 15) is 9.59 Å². The van der Waals surface area contributed by atoms with E-state index in [1.165, 1.54) is 18.4 Å². The third-order valence-electron chi connectivity index (χ3n) is 8.47. The molecule has 0 amide bonds. The van der Waals surface area contributed by atoms with Crippen LogP contribution in [0.2, 0.25) is 0 Å². The Balaban J connectivity index is 1.38. The molecule has 0 N–H and O–H groups in total. The Kier molecular flexibility index (Phi) is 5.89. The third-order valence-corrected chi connectivity index (χ3v) is 8.47. The normalized spacial score (nSPS) is 30.9. The second-order valence-corrected chi connectivity index (χ2v) is 10.2. The summed E-state index contributed by atoms with van der Waals surface area (Å²) in [5.41, 5.74) is 2.32. The number of rotatable bonds is 5. The van der Waals surface area contributed by atoms with Gasteiger partial charge in [-0.15, -0.1) is 0 Å². The minimum atomic E-state index is -0.454. The number of fused-ring (bicyclic) bond motifs is 5.